The van der Waals surface area contributed by atoms with Crippen LogP contribution in [0.1, 0.15) is 5.56 Å². The maximum absolute atomic E-state index is 11.8. The summed E-state index contributed by atoms with van der Waals surface area (Å²) in [5, 5.41) is 1.93. The van der Waals surface area contributed by atoms with Crippen LogP contribution < -0.4 is 21.4 Å². The molecule has 0 aliphatic heterocycles. The van der Waals surface area contributed by atoms with Crippen molar-refractivity contribution in [2.75, 3.05) is 12.1 Å². The van der Waals surface area contributed by atoms with Crippen molar-refractivity contribution >= 4 is 11.7 Å². The highest BCUT2D eigenvalue weighted by Gasteiger charge is 2.17. The highest BCUT2D eigenvalue weighted by Crippen LogP contribution is 2.21. The van der Waals surface area contributed by atoms with Gasteiger partial charge in [0.2, 0.25) is 0 Å². The molecule has 21 heavy (non-hydrogen) atoms. The quantitative estimate of drug-likeness (QED) is 0.510. The lowest BCUT2D eigenvalue weighted by Gasteiger charge is -2.23. The summed E-state index contributed by atoms with van der Waals surface area (Å²) in [6.45, 7) is 0.301. The van der Waals surface area contributed by atoms with Crippen molar-refractivity contribution in [2.45, 2.75) is 6.61 Å². The second-order valence-electron chi connectivity index (χ2n) is 4.49. The van der Waals surface area contributed by atoms with Crippen LogP contribution in [0.15, 0.2) is 54.6 Å². The molecule has 2 aromatic carbocycles. The first-order valence-corrected chi connectivity index (χ1v) is 6.42. The number of rotatable bonds is 4. The molecule has 0 radical (unpaired) electrons. The summed E-state index contributed by atoms with van der Waals surface area (Å²) >= 11 is 0. The Morgan fingerprint density at radius 3 is 2.33 bits per heavy atom. The second kappa shape index (κ2) is 6.74. The predicted octanol–water partition coefficient (Wildman–Crippen LogP) is 1.87. The highest BCUT2D eigenvalue weighted by atomic mass is 16.5. The number of nitrogens with zero attached hydrogens (tertiary/aromatic N) is 2. The zero-order chi connectivity index (χ0) is 15.2. The Kier molecular flexibility index (Phi) is 4.76. The Bertz CT molecular complexity index is 602. The topological polar surface area (TPSA) is 84.8 Å². The van der Waals surface area contributed by atoms with Crippen LogP contribution >= 0.6 is 0 Å². The summed E-state index contributed by atoms with van der Waals surface area (Å²) in [5.74, 6) is 12.0. The molecule has 0 aliphatic rings. The van der Waals surface area contributed by atoms with Crippen LogP contribution in [0.3, 0.4) is 0 Å². The molecular formula is C15H18N4O2. The van der Waals surface area contributed by atoms with Crippen LogP contribution in [0.2, 0.25) is 0 Å². The van der Waals surface area contributed by atoms with E-state index in [-0.39, 0.29) is 0 Å². The number of hydrogen-bond donors (Lipinski definition) is 2. The van der Waals surface area contributed by atoms with E-state index >= 15 is 0 Å². The lowest BCUT2D eigenvalue weighted by atomic mass is 10.2. The number of hydrazine groups is 2. The van der Waals surface area contributed by atoms with Gasteiger partial charge in [0.25, 0.3) is 0 Å². The molecule has 2 rings (SSSR count). The molecule has 0 unspecified atom stereocenters. The Morgan fingerprint density at radius 1 is 1.05 bits per heavy atom. The molecule has 0 atom stereocenters. The van der Waals surface area contributed by atoms with Crippen LogP contribution in [-0.2, 0) is 6.61 Å². The molecule has 0 fully saturated rings. The van der Waals surface area contributed by atoms with Crippen LogP contribution in [-0.4, -0.2) is 18.1 Å². The van der Waals surface area contributed by atoms with Gasteiger partial charge in [-0.3, -0.25) is 5.01 Å². The van der Waals surface area contributed by atoms with E-state index in [1.807, 2.05) is 42.5 Å². The molecule has 110 valence electrons. The third-order valence-electron chi connectivity index (χ3n) is 2.90. The molecule has 2 aromatic rings. The van der Waals surface area contributed by atoms with Crippen molar-refractivity contribution in [3.8, 4) is 5.75 Å². The average molecular weight is 286 g/mol. The molecule has 0 aromatic heterocycles. The lowest BCUT2D eigenvalue weighted by Crippen LogP contribution is -2.49. The minimum Gasteiger partial charge on any atom is -0.489 e. The number of para-hydroxylation sites is 2. The van der Waals surface area contributed by atoms with Gasteiger partial charge in [-0.25, -0.2) is 21.5 Å². The number of ether oxygens (including phenoxy) is 1. The number of urea groups is 1. The molecule has 0 saturated heterocycles. The average Bonchev–Trinajstić information content (AvgIpc) is 2.52. The van der Waals surface area contributed by atoms with E-state index in [0.717, 1.165) is 21.3 Å². The zero-order valence-electron chi connectivity index (χ0n) is 11.8. The van der Waals surface area contributed by atoms with Gasteiger partial charge in [-0.15, -0.1) is 0 Å². The van der Waals surface area contributed by atoms with Crippen molar-refractivity contribution in [3.05, 3.63) is 60.2 Å². The number of anilines is 1. The Hall–Kier alpha value is -2.57. The van der Waals surface area contributed by atoms with Crippen molar-refractivity contribution in [2.24, 2.45) is 11.7 Å². The molecular weight excluding hydrogens is 268 g/mol. The summed E-state index contributed by atoms with van der Waals surface area (Å²) in [4.78, 5) is 11.8. The van der Waals surface area contributed by atoms with E-state index in [9.17, 15) is 4.79 Å². The van der Waals surface area contributed by atoms with Gasteiger partial charge < -0.3 is 4.74 Å². The molecule has 6 nitrogen and oxygen atoms in total. The largest absolute Gasteiger partial charge is 0.489 e. The molecule has 4 N–H and O–H groups in total. The molecule has 0 spiro atoms. The van der Waals surface area contributed by atoms with E-state index in [2.05, 4.69) is 0 Å². The second-order valence-corrected chi connectivity index (χ2v) is 4.49. The van der Waals surface area contributed by atoms with E-state index in [0.29, 0.717) is 12.3 Å². The van der Waals surface area contributed by atoms with E-state index < -0.39 is 6.03 Å². The van der Waals surface area contributed by atoms with Gasteiger partial charge in [-0.05, 0) is 18.2 Å². The van der Waals surface area contributed by atoms with Crippen molar-refractivity contribution in [3.63, 3.8) is 0 Å². The van der Waals surface area contributed by atoms with Gasteiger partial charge in [0, 0.05) is 12.6 Å². The number of benzene rings is 2. The SMILES string of the molecule is CN(N)C(=O)N(N)c1ccccc1COc1ccccc1. The van der Waals surface area contributed by atoms with Gasteiger partial charge in [-0.2, -0.15) is 0 Å². The summed E-state index contributed by atoms with van der Waals surface area (Å²) < 4.78 is 5.68. The molecule has 6 heteroatoms. The van der Waals surface area contributed by atoms with Crippen LogP contribution in [0.4, 0.5) is 10.5 Å². The fraction of sp³-hybridized carbons (Fsp3) is 0.133. The highest BCUT2D eigenvalue weighted by molar-refractivity contribution is 5.91. The van der Waals surface area contributed by atoms with Gasteiger partial charge >= 0.3 is 6.03 Å². The van der Waals surface area contributed by atoms with Crippen molar-refractivity contribution < 1.29 is 9.53 Å². The zero-order valence-corrected chi connectivity index (χ0v) is 11.8. The molecule has 0 bridgehead atoms. The smallest absolute Gasteiger partial charge is 0.352 e. The first kappa shape index (κ1) is 14.8. The minimum atomic E-state index is -0.512. The summed E-state index contributed by atoms with van der Waals surface area (Å²) in [5.41, 5.74) is 1.34. The monoisotopic (exact) mass is 286 g/mol. The standard InChI is InChI=1S/C15H18N4O2/c1-18(16)15(20)19(17)14-10-6-5-7-12(14)11-21-13-8-3-2-4-9-13/h2-10H,11,16-17H2,1H3. The predicted molar refractivity (Wildman–Crippen MR) is 81.2 cm³/mol. The van der Waals surface area contributed by atoms with E-state index in [4.69, 9.17) is 16.4 Å². The van der Waals surface area contributed by atoms with Gasteiger partial charge in [0.05, 0.1) is 5.69 Å². The maximum atomic E-state index is 11.8. The van der Waals surface area contributed by atoms with Crippen molar-refractivity contribution in [1.82, 2.24) is 5.01 Å². The number of amides is 2. The Labute approximate surface area is 123 Å². The van der Waals surface area contributed by atoms with E-state index in [1.165, 1.54) is 7.05 Å². The Balaban J connectivity index is 2.15. The number of nitrogens with two attached hydrogens (primary N) is 2. The van der Waals surface area contributed by atoms with E-state index in [1.54, 1.807) is 12.1 Å². The number of carbonyl (C=O) groups excluding carboxylic acids is 1. The molecule has 0 heterocycles. The summed E-state index contributed by atoms with van der Waals surface area (Å²) in [6, 6.07) is 16.2. The van der Waals surface area contributed by atoms with Crippen LogP contribution in [0, 0.1) is 0 Å². The molecule has 2 amide bonds. The maximum Gasteiger partial charge on any atom is 0.352 e. The minimum absolute atomic E-state index is 0.301. The molecule has 0 aliphatic carbocycles. The first-order chi connectivity index (χ1) is 10.1. The third kappa shape index (κ3) is 3.71. The Morgan fingerprint density at radius 2 is 1.67 bits per heavy atom. The first-order valence-electron chi connectivity index (χ1n) is 6.42. The fourth-order valence-corrected chi connectivity index (χ4v) is 1.82. The summed E-state index contributed by atoms with van der Waals surface area (Å²) in [7, 11) is 1.44. The van der Waals surface area contributed by atoms with Crippen LogP contribution in [0.5, 0.6) is 5.75 Å². The lowest BCUT2D eigenvalue weighted by molar-refractivity contribution is 0.216. The van der Waals surface area contributed by atoms with Crippen LogP contribution in [0.25, 0.3) is 0 Å². The fourth-order valence-electron chi connectivity index (χ4n) is 1.82. The number of hydrogen-bond acceptors (Lipinski definition) is 4. The summed E-state index contributed by atoms with van der Waals surface area (Å²) in [6.07, 6.45) is 0. The number of carbonyl (C=O) groups is 1. The van der Waals surface area contributed by atoms with Gasteiger partial charge in [0.1, 0.15) is 12.4 Å². The van der Waals surface area contributed by atoms with Gasteiger partial charge in [-0.1, -0.05) is 36.4 Å². The normalized spacial score (nSPS) is 10.0. The van der Waals surface area contributed by atoms with Gasteiger partial charge in [0.15, 0.2) is 0 Å². The van der Waals surface area contributed by atoms with Crippen molar-refractivity contribution in [1.29, 1.82) is 0 Å². The third-order valence-corrected chi connectivity index (χ3v) is 2.90. The molecule has 0 saturated carbocycles.